The van der Waals surface area contributed by atoms with Crippen LogP contribution in [-0.2, 0) is 11.0 Å². The highest BCUT2D eigenvalue weighted by Gasteiger charge is 2.60. The van der Waals surface area contributed by atoms with Gasteiger partial charge in [-0.3, -0.25) is 9.59 Å². The van der Waals surface area contributed by atoms with Gasteiger partial charge in [-0.15, -0.1) is 0 Å². The molecule has 2 amide bonds. The van der Waals surface area contributed by atoms with Crippen molar-refractivity contribution in [3.63, 3.8) is 0 Å². The van der Waals surface area contributed by atoms with E-state index in [1.165, 1.54) is 25.3 Å². The van der Waals surface area contributed by atoms with Crippen LogP contribution < -0.4 is 15.8 Å². The van der Waals surface area contributed by atoms with E-state index in [4.69, 9.17) is 10.5 Å². The summed E-state index contributed by atoms with van der Waals surface area (Å²) >= 11 is 0. The van der Waals surface area contributed by atoms with E-state index in [-0.39, 0.29) is 22.6 Å². The third kappa shape index (κ3) is 5.32. The standard InChI is InChI=1S/C24H23F7N6O4/c1-3-22(40,24(29,30)31)21(39)36-8-15(25)16(9-36)35-20(38)12-4-11(5-13(6-12)41-2)17-7-14(23(26,27)28)18-19(32)33-10-34-37(17)18/h4-7,10,15-16,40H,3,8-9H2,1-2H3,(H,35,38)(H2,32,33,34)/t15-,16+,22?/m0/s1. The first-order valence-electron chi connectivity index (χ1n) is 11.9. The van der Waals surface area contributed by atoms with Gasteiger partial charge in [-0.1, -0.05) is 6.92 Å². The van der Waals surface area contributed by atoms with Crippen molar-refractivity contribution < 1.29 is 50.2 Å². The predicted molar refractivity (Wildman–Crippen MR) is 128 cm³/mol. The van der Waals surface area contributed by atoms with Crippen molar-refractivity contribution in [2.75, 3.05) is 25.9 Å². The molecule has 1 aliphatic rings. The molecule has 1 aromatic carbocycles. The number of benzene rings is 1. The van der Waals surface area contributed by atoms with Crippen LogP contribution in [0, 0.1) is 0 Å². The van der Waals surface area contributed by atoms with E-state index >= 15 is 0 Å². The molecule has 222 valence electrons. The maximum Gasteiger partial charge on any atom is 0.426 e. The molecule has 3 aromatic rings. The Morgan fingerprint density at radius 3 is 2.41 bits per heavy atom. The molecule has 1 saturated heterocycles. The summed E-state index contributed by atoms with van der Waals surface area (Å²) < 4.78 is 102. The monoisotopic (exact) mass is 592 g/mol. The number of rotatable bonds is 6. The number of nitrogens with one attached hydrogen (secondary N) is 1. The van der Waals surface area contributed by atoms with Gasteiger partial charge in [-0.2, -0.15) is 31.4 Å². The fraction of sp³-hybridized carbons (Fsp3) is 0.417. The Kier molecular flexibility index (Phi) is 7.53. The SMILES string of the molecule is CCC(O)(C(=O)N1C[C@H](F)[C@H](NC(=O)c2cc(OC)cc(-c3cc(C(F)(F)F)c4c(N)ncnn34)c2)C1)C(F)(F)F. The molecule has 0 bridgehead atoms. The van der Waals surface area contributed by atoms with E-state index in [1.807, 2.05) is 0 Å². The Morgan fingerprint density at radius 2 is 1.83 bits per heavy atom. The fourth-order valence-electron chi connectivity index (χ4n) is 4.54. The minimum atomic E-state index is -5.31. The molecule has 1 unspecified atom stereocenters. The fourth-order valence-corrected chi connectivity index (χ4v) is 4.54. The first-order chi connectivity index (χ1) is 19.0. The number of amides is 2. The average molecular weight is 592 g/mol. The Morgan fingerprint density at radius 1 is 1.15 bits per heavy atom. The van der Waals surface area contributed by atoms with Crippen molar-refractivity contribution in [2.24, 2.45) is 0 Å². The van der Waals surface area contributed by atoms with Crippen molar-refractivity contribution in [3.8, 4) is 17.0 Å². The Labute approximate surface area is 226 Å². The number of aliphatic hydroxyl groups is 1. The predicted octanol–water partition coefficient (Wildman–Crippen LogP) is 2.99. The number of likely N-dealkylation sites (tertiary alicyclic amines) is 1. The van der Waals surface area contributed by atoms with Gasteiger partial charge < -0.3 is 25.8 Å². The molecule has 17 heteroatoms. The largest absolute Gasteiger partial charge is 0.497 e. The first kappa shape index (κ1) is 29.8. The van der Waals surface area contributed by atoms with Gasteiger partial charge in [0.2, 0.25) is 5.60 Å². The lowest BCUT2D eigenvalue weighted by atomic mass is 9.98. The average Bonchev–Trinajstić information content (AvgIpc) is 3.48. The highest BCUT2D eigenvalue weighted by molar-refractivity contribution is 5.96. The van der Waals surface area contributed by atoms with Crippen molar-refractivity contribution in [1.29, 1.82) is 0 Å². The van der Waals surface area contributed by atoms with Gasteiger partial charge in [0.1, 0.15) is 23.8 Å². The van der Waals surface area contributed by atoms with Gasteiger partial charge in [0.25, 0.3) is 11.8 Å². The molecule has 0 aliphatic carbocycles. The van der Waals surface area contributed by atoms with Crippen molar-refractivity contribution in [3.05, 3.63) is 41.7 Å². The summed E-state index contributed by atoms with van der Waals surface area (Å²) in [6.45, 7) is -0.543. The lowest BCUT2D eigenvalue weighted by Gasteiger charge is -2.31. The number of hydrogen-bond acceptors (Lipinski definition) is 7. The molecule has 0 radical (unpaired) electrons. The van der Waals surface area contributed by atoms with Crippen LogP contribution >= 0.6 is 0 Å². The van der Waals surface area contributed by atoms with E-state index in [0.717, 1.165) is 23.8 Å². The molecule has 3 heterocycles. The number of carbonyl (C=O) groups is 2. The molecule has 0 saturated carbocycles. The van der Waals surface area contributed by atoms with E-state index in [2.05, 4.69) is 15.4 Å². The van der Waals surface area contributed by atoms with E-state index in [9.17, 15) is 45.4 Å². The maximum atomic E-state index is 14.7. The minimum absolute atomic E-state index is 0.0244. The van der Waals surface area contributed by atoms with Crippen molar-refractivity contribution in [2.45, 2.75) is 43.5 Å². The van der Waals surface area contributed by atoms with Gasteiger partial charge in [-0.25, -0.2) is 13.9 Å². The molecular weight excluding hydrogens is 569 g/mol. The summed E-state index contributed by atoms with van der Waals surface area (Å²) in [6.07, 6.45) is -12.2. The summed E-state index contributed by atoms with van der Waals surface area (Å²) in [5.74, 6) is -3.14. The van der Waals surface area contributed by atoms with E-state index < -0.39 is 78.4 Å². The Balaban J connectivity index is 1.65. The summed E-state index contributed by atoms with van der Waals surface area (Å²) in [4.78, 5) is 29.6. The third-order valence-electron chi connectivity index (χ3n) is 6.77. The third-order valence-corrected chi connectivity index (χ3v) is 6.77. The number of fused-ring (bicyclic) bond motifs is 1. The van der Waals surface area contributed by atoms with Crippen LogP contribution in [0.3, 0.4) is 0 Å². The number of methoxy groups -OCH3 is 1. The first-order valence-corrected chi connectivity index (χ1v) is 11.9. The summed E-state index contributed by atoms with van der Waals surface area (Å²) in [5, 5.41) is 16.1. The molecule has 1 aliphatic heterocycles. The molecule has 4 N–H and O–H groups in total. The second-order valence-corrected chi connectivity index (χ2v) is 9.31. The number of nitrogen functional groups attached to an aromatic ring is 1. The zero-order valence-corrected chi connectivity index (χ0v) is 21.3. The second-order valence-electron chi connectivity index (χ2n) is 9.31. The smallest absolute Gasteiger partial charge is 0.426 e. The van der Waals surface area contributed by atoms with Crippen LogP contribution in [0.1, 0.15) is 29.3 Å². The minimum Gasteiger partial charge on any atom is -0.497 e. The molecule has 4 rings (SSSR count). The quantitative estimate of drug-likeness (QED) is 0.375. The number of hydrogen-bond donors (Lipinski definition) is 3. The molecule has 0 spiro atoms. The lowest BCUT2D eigenvalue weighted by Crippen LogP contribution is -2.57. The van der Waals surface area contributed by atoms with Gasteiger partial charge in [-0.05, 0) is 30.7 Å². The van der Waals surface area contributed by atoms with Gasteiger partial charge >= 0.3 is 12.4 Å². The molecule has 1 fully saturated rings. The number of aromatic nitrogens is 3. The lowest BCUT2D eigenvalue weighted by molar-refractivity contribution is -0.256. The number of halogens is 7. The zero-order chi connectivity index (χ0) is 30.5. The zero-order valence-electron chi connectivity index (χ0n) is 21.3. The Hall–Kier alpha value is -4.15. The van der Waals surface area contributed by atoms with Gasteiger partial charge in [0.05, 0.1) is 31.0 Å². The Bertz CT molecular complexity index is 1490. The van der Waals surface area contributed by atoms with Crippen LogP contribution in [0.15, 0.2) is 30.6 Å². The normalized spacial score (nSPS) is 19.3. The molecule has 41 heavy (non-hydrogen) atoms. The number of nitrogens with two attached hydrogens (primary N) is 1. The number of anilines is 1. The maximum absolute atomic E-state index is 14.7. The summed E-state index contributed by atoms with van der Waals surface area (Å²) in [7, 11) is 1.23. The number of carbonyl (C=O) groups excluding carboxylic acids is 2. The van der Waals surface area contributed by atoms with Crippen LogP contribution in [0.5, 0.6) is 5.75 Å². The topological polar surface area (TPSA) is 135 Å². The van der Waals surface area contributed by atoms with Crippen LogP contribution in [0.25, 0.3) is 16.8 Å². The molecule has 3 atom stereocenters. The van der Waals surface area contributed by atoms with Crippen molar-refractivity contribution >= 4 is 23.1 Å². The second kappa shape index (κ2) is 10.4. The summed E-state index contributed by atoms with van der Waals surface area (Å²) in [6, 6.07) is 2.99. The van der Waals surface area contributed by atoms with Gasteiger partial charge in [0.15, 0.2) is 5.82 Å². The molecule has 2 aromatic heterocycles. The number of nitrogens with zero attached hydrogens (tertiary/aromatic N) is 4. The number of alkyl halides is 7. The van der Waals surface area contributed by atoms with Crippen molar-refractivity contribution in [1.82, 2.24) is 24.8 Å². The van der Waals surface area contributed by atoms with Crippen LogP contribution in [0.2, 0.25) is 0 Å². The van der Waals surface area contributed by atoms with E-state index in [1.54, 1.807) is 0 Å². The van der Waals surface area contributed by atoms with Crippen LogP contribution in [0.4, 0.5) is 36.6 Å². The number of ether oxygens (including phenoxy) is 1. The van der Waals surface area contributed by atoms with Gasteiger partial charge in [0, 0.05) is 17.7 Å². The highest BCUT2D eigenvalue weighted by atomic mass is 19.4. The van der Waals surface area contributed by atoms with Crippen LogP contribution in [-0.4, -0.2) is 80.6 Å². The highest BCUT2D eigenvalue weighted by Crippen LogP contribution is 2.40. The molecule has 10 nitrogen and oxygen atoms in total. The van der Waals surface area contributed by atoms with E-state index in [0.29, 0.717) is 4.90 Å². The molecular formula is C24H23F7N6O4. The summed E-state index contributed by atoms with van der Waals surface area (Å²) in [5.41, 5.74) is -0.0330.